The lowest BCUT2D eigenvalue weighted by Crippen LogP contribution is -2.39. The number of aromatic nitrogens is 2. The van der Waals surface area contributed by atoms with E-state index in [0.29, 0.717) is 30.4 Å². The number of nitrogens with zero attached hydrogens (tertiary/aromatic N) is 3. The maximum absolute atomic E-state index is 12.6. The van der Waals surface area contributed by atoms with Gasteiger partial charge in [0.2, 0.25) is 0 Å². The average molecular weight is 427 g/mol. The molecule has 158 valence electrons. The van der Waals surface area contributed by atoms with Crippen LogP contribution in [0.15, 0.2) is 42.9 Å². The molecule has 30 heavy (non-hydrogen) atoms. The minimum absolute atomic E-state index is 0.0626. The Morgan fingerprint density at radius 2 is 2.03 bits per heavy atom. The fourth-order valence-electron chi connectivity index (χ4n) is 3.65. The second kappa shape index (κ2) is 8.87. The molecule has 1 aliphatic rings. The first-order valence-corrected chi connectivity index (χ1v) is 11.1. The normalized spacial score (nSPS) is 15.0. The predicted molar refractivity (Wildman–Crippen MR) is 116 cm³/mol. The maximum atomic E-state index is 12.6. The molecule has 4 heterocycles. The van der Waals surface area contributed by atoms with Gasteiger partial charge in [0.15, 0.2) is 0 Å². The molecule has 4 rings (SSSR count). The number of carbonyl (C=O) groups excluding carboxylic acids is 2. The van der Waals surface area contributed by atoms with Crippen molar-refractivity contribution < 1.29 is 14.3 Å². The Hall–Kier alpha value is -2.87. The van der Waals surface area contributed by atoms with Gasteiger partial charge in [-0.3, -0.25) is 4.79 Å². The highest BCUT2D eigenvalue weighted by Gasteiger charge is 2.26. The third-order valence-electron chi connectivity index (χ3n) is 5.26. The van der Waals surface area contributed by atoms with Crippen LogP contribution in [0.1, 0.15) is 52.7 Å². The summed E-state index contributed by atoms with van der Waals surface area (Å²) in [7, 11) is 0. The van der Waals surface area contributed by atoms with Crippen LogP contribution in [0.2, 0.25) is 0 Å². The number of imidazole rings is 1. The molecule has 0 aliphatic carbocycles. The molecule has 1 saturated heterocycles. The van der Waals surface area contributed by atoms with E-state index in [1.165, 1.54) is 4.88 Å². The first-order chi connectivity index (χ1) is 14.5. The van der Waals surface area contributed by atoms with Crippen LogP contribution in [-0.4, -0.2) is 45.5 Å². The smallest absolute Gasteiger partial charge is 0.410 e. The molecule has 8 heteroatoms. The molecule has 0 bridgehead atoms. The zero-order valence-electron chi connectivity index (χ0n) is 17.2. The van der Waals surface area contributed by atoms with Crippen LogP contribution in [0.5, 0.6) is 0 Å². The molecule has 0 unspecified atom stereocenters. The molecule has 3 aromatic heterocycles. The van der Waals surface area contributed by atoms with Gasteiger partial charge >= 0.3 is 6.09 Å². The van der Waals surface area contributed by atoms with Crippen molar-refractivity contribution in [3.63, 3.8) is 0 Å². The van der Waals surface area contributed by atoms with E-state index in [4.69, 9.17) is 4.74 Å². The summed E-state index contributed by atoms with van der Waals surface area (Å²) in [5.74, 6) is 0.315. The molecular weight excluding hydrogens is 400 g/mol. The number of piperidine rings is 1. The van der Waals surface area contributed by atoms with Crippen molar-refractivity contribution in [1.82, 2.24) is 19.6 Å². The molecule has 0 spiro atoms. The first-order valence-electron chi connectivity index (χ1n) is 10.2. The number of amides is 2. The molecule has 0 atom stereocenters. The second-order valence-electron chi connectivity index (χ2n) is 7.81. The van der Waals surface area contributed by atoms with Gasteiger partial charge in [-0.25, -0.2) is 9.78 Å². The zero-order chi connectivity index (χ0) is 21.1. The van der Waals surface area contributed by atoms with Crippen molar-refractivity contribution in [2.24, 2.45) is 0 Å². The summed E-state index contributed by atoms with van der Waals surface area (Å²) in [4.78, 5) is 32.6. The van der Waals surface area contributed by atoms with Crippen LogP contribution in [0.3, 0.4) is 0 Å². The minimum Gasteiger partial charge on any atom is -0.447 e. The number of thiophene rings is 1. The standard InChI is InChI=1S/C22H26N4O3S/c1-15(2)29-22(28)26-10-6-17(7-11-26)18-3-4-19(30-18)21(27)24-14-16-5-9-25-12-8-23-20(25)13-16/h3-5,8-9,12-13,15,17H,6-7,10-11,14H2,1-2H3,(H,24,27). The molecule has 7 nitrogen and oxygen atoms in total. The van der Waals surface area contributed by atoms with E-state index in [2.05, 4.69) is 10.3 Å². The van der Waals surface area contributed by atoms with E-state index in [9.17, 15) is 9.59 Å². The number of likely N-dealkylation sites (tertiary alicyclic amines) is 1. The summed E-state index contributed by atoms with van der Waals surface area (Å²) >= 11 is 1.54. The Kier molecular flexibility index (Phi) is 6.03. The van der Waals surface area contributed by atoms with Gasteiger partial charge in [-0.05, 0) is 62.4 Å². The number of fused-ring (bicyclic) bond motifs is 1. The van der Waals surface area contributed by atoms with Crippen LogP contribution in [0, 0.1) is 0 Å². The maximum Gasteiger partial charge on any atom is 0.410 e. The lowest BCUT2D eigenvalue weighted by atomic mass is 9.95. The Bertz CT molecular complexity index is 1030. The highest BCUT2D eigenvalue weighted by Crippen LogP contribution is 2.33. The monoisotopic (exact) mass is 426 g/mol. The van der Waals surface area contributed by atoms with Crippen molar-refractivity contribution >= 4 is 29.0 Å². The van der Waals surface area contributed by atoms with Gasteiger partial charge in [0.05, 0.1) is 11.0 Å². The fraction of sp³-hybridized carbons (Fsp3) is 0.409. The van der Waals surface area contributed by atoms with E-state index in [-0.39, 0.29) is 18.1 Å². The Morgan fingerprint density at radius 1 is 1.23 bits per heavy atom. The summed E-state index contributed by atoms with van der Waals surface area (Å²) in [6.45, 7) is 5.56. The third-order valence-corrected chi connectivity index (χ3v) is 6.50. The summed E-state index contributed by atoms with van der Waals surface area (Å²) in [6, 6.07) is 7.89. The Morgan fingerprint density at radius 3 is 2.80 bits per heavy atom. The number of nitrogens with one attached hydrogen (secondary N) is 1. The van der Waals surface area contributed by atoms with E-state index < -0.39 is 0 Å². The van der Waals surface area contributed by atoms with Crippen LogP contribution in [0.4, 0.5) is 4.79 Å². The molecular formula is C22H26N4O3S. The molecule has 3 aromatic rings. The van der Waals surface area contributed by atoms with Crippen LogP contribution >= 0.6 is 11.3 Å². The van der Waals surface area contributed by atoms with Gasteiger partial charge in [0.1, 0.15) is 5.65 Å². The van der Waals surface area contributed by atoms with Gasteiger partial charge in [-0.15, -0.1) is 11.3 Å². The Balaban J connectivity index is 1.30. The van der Waals surface area contributed by atoms with Gasteiger partial charge in [-0.1, -0.05) is 0 Å². The number of rotatable bonds is 5. The highest BCUT2D eigenvalue weighted by atomic mass is 32.1. The number of hydrogen-bond acceptors (Lipinski definition) is 5. The summed E-state index contributed by atoms with van der Waals surface area (Å²) in [6.07, 6.45) is 7.03. The third kappa shape index (κ3) is 4.64. The van der Waals surface area contributed by atoms with Crippen LogP contribution in [0.25, 0.3) is 5.65 Å². The summed E-state index contributed by atoms with van der Waals surface area (Å²) < 4.78 is 7.22. The minimum atomic E-state index is -0.233. The van der Waals surface area contributed by atoms with E-state index in [0.717, 1.165) is 24.1 Å². The van der Waals surface area contributed by atoms with Crippen molar-refractivity contribution in [3.8, 4) is 0 Å². The van der Waals surface area contributed by atoms with E-state index in [1.54, 1.807) is 22.4 Å². The van der Waals surface area contributed by atoms with Crippen molar-refractivity contribution in [3.05, 3.63) is 58.2 Å². The topological polar surface area (TPSA) is 75.9 Å². The number of hydrogen-bond donors (Lipinski definition) is 1. The molecule has 1 aliphatic heterocycles. The van der Waals surface area contributed by atoms with Gasteiger partial charge in [-0.2, -0.15) is 0 Å². The SMILES string of the molecule is CC(C)OC(=O)N1CCC(c2ccc(C(=O)NCc3ccn4ccnc4c3)s2)CC1. The van der Waals surface area contributed by atoms with E-state index in [1.807, 2.05) is 54.9 Å². The van der Waals surface area contributed by atoms with Crippen LogP contribution in [-0.2, 0) is 11.3 Å². The van der Waals surface area contributed by atoms with E-state index >= 15 is 0 Å². The largest absolute Gasteiger partial charge is 0.447 e. The Labute approximate surface area is 179 Å². The first kappa shape index (κ1) is 20.4. The quantitative estimate of drug-likeness (QED) is 0.668. The lowest BCUT2D eigenvalue weighted by molar-refractivity contribution is 0.0693. The molecule has 0 saturated carbocycles. The zero-order valence-corrected chi connectivity index (χ0v) is 18.0. The average Bonchev–Trinajstić information content (AvgIpc) is 3.41. The molecule has 0 radical (unpaired) electrons. The number of pyridine rings is 1. The predicted octanol–water partition coefficient (Wildman–Crippen LogP) is 4.05. The molecule has 0 aromatic carbocycles. The van der Waals surface area contributed by atoms with Crippen molar-refractivity contribution in [1.29, 1.82) is 0 Å². The summed E-state index contributed by atoms with van der Waals surface area (Å²) in [5, 5.41) is 2.99. The fourth-order valence-corrected chi connectivity index (χ4v) is 4.74. The highest BCUT2D eigenvalue weighted by molar-refractivity contribution is 7.14. The van der Waals surface area contributed by atoms with Gasteiger partial charge in [0.25, 0.3) is 5.91 Å². The molecule has 1 N–H and O–H groups in total. The molecule has 1 fully saturated rings. The van der Waals surface area contributed by atoms with Gasteiger partial charge in [0, 0.05) is 43.1 Å². The number of ether oxygens (including phenoxy) is 1. The number of carbonyl (C=O) groups is 2. The van der Waals surface area contributed by atoms with Crippen LogP contribution < -0.4 is 5.32 Å². The second-order valence-corrected chi connectivity index (χ2v) is 8.92. The lowest BCUT2D eigenvalue weighted by Gasteiger charge is -2.31. The summed E-state index contributed by atoms with van der Waals surface area (Å²) in [5.41, 5.74) is 1.88. The van der Waals surface area contributed by atoms with Gasteiger partial charge < -0.3 is 19.4 Å². The van der Waals surface area contributed by atoms with Crippen molar-refractivity contribution in [2.45, 2.75) is 45.3 Å². The van der Waals surface area contributed by atoms with Crippen molar-refractivity contribution in [2.75, 3.05) is 13.1 Å². The molecule has 2 amide bonds.